The van der Waals surface area contributed by atoms with Gasteiger partial charge in [-0.1, -0.05) is 88.4 Å². The number of hydrogen-bond acceptors (Lipinski definition) is 20. The summed E-state index contributed by atoms with van der Waals surface area (Å²) >= 11 is 8.51. The Hall–Kier alpha value is -10.6. The largest absolute Gasteiger partial charge is 0.508 e. The first-order chi connectivity index (χ1) is 50.2. The van der Waals surface area contributed by atoms with Crippen molar-refractivity contribution >= 4 is 119 Å². The first-order valence-corrected chi connectivity index (χ1v) is 35.5. The van der Waals surface area contributed by atoms with Crippen LogP contribution in [0.1, 0.15) is 96.5 Å². The second-order valence-corrected chi connectivity index (χ2v) is 27.1. The summed E-state index contributed by atoms with van der Waals surface area (Å²) < 4.78 is 0. The highest BCUT2D eigenvalue weighted by Gasteiger charge is 2.38. The third kappa shape index (κ3) is 27.8. The lowest BCUT2D eigenvalue weighted by Gasteiger charge is -2.28. The Morgan fingerprint density at radius 1 is 0.472 bits per heavy atom. The fourth-order valence-corrected chi connectivity index (χ4v) is 11.5. The number of aromatic hydroxyl groups is 1. The average molecular weight is 1510 g/mol. The summed E-state index contributed by atoms with van der Waals surface area (Å²) in [5, 5.41) is 61.8. The van der Waals surface area contributed by atoms with Gasteiger partial charge in [0.1, 0.15) is 78.3 Å². The fraction of sp³-hybridized carbons (Fsp3) is 0.471. The second-order valence-electron chi connectivity index (χ2n) is 26.4. The van der Waals surface area contributed by atoms with Gasteiger partial charge in [0, 0.05) is 79.5 Å². The summed E-state index contributed by atoms with van der Waals surface area (Å²) in [7, 11) is 0. The molecule has 2 heterocycles. The van der Waals surface area contributed by atoms with Gasteiger partial charge in [0.25, 0.3) is 0 Å². The zero-order valence-electron chi connectivity index (χ0n) is 59.7. The summed E-state index contributed by atoms with van der Waals surface area (Å²) in [4.78, 5) is 203. The molecule has 0 unspecified atom stereocenters. The molecule has 106 heavy (non-hydrogen) atoms. The van der Waals surface area contributed by atoms with Gasteiger partial charge < -0.3 is 101 Å². The van der Waals surface area contributed by atoms with Crippen LogP contribution in [0.3, 0.4) is 0 Å². The van der Waals surface area contributed by atoms with Crippen molar-refractivity contribution in [3.63, 3.8) is 0 Å². The minimum atomic E-state index is -1.64. The van der Waals surface area contributed by atoms with E-state index in [0.29, 0.717) is 33.3 Å². The average Bonchev–Trinajstić information content (AvgIpc) is 1.60. The molecule has 0 spiro atoms. The Bertz CT molecular complexity index is 3840. The van der Waals surface area contributed by atoms with Crippen LogP contribution in [0.4, 0.5) is 0 Å². The molecule has 14 amide bonds. The minimum Gasteiger partial charge on any atom is -0.508 e. The van der Waals surface area contributed by atoms with Crippen LogP contribution in [-0.2, 0) is 92.8 Å². The summed E-state index contributed by atoms with van der Waals surface area (Å²) in [5.74, 6) is -14.1. The van der Waals surface area contributed by atoms with Crippen molar-refractivity contribution in [1.82, 2.24) is 78.8 Å². The van der Waals surface area contributed by atoms with E-state index in [4.69, 9.17) is 11.5 Å². The van der Waals surface area contributed by atoms with Gasteiger partial charge in [0.05, 0.1) is 19.0 Å². The van der Waals surface area contributed by atoms with Gasteiger partial charge in [0.2, 0.25) is 82.7 Å². The standard InChI is InChI=1S/C70H97N17O17S2/c1-35(2)23-48(77-39(7)90)67(101)87-58(38(6)89)70(104)83-51(25-40-13-9-8-10-14-40)65(99)86-55(32-105)68(102)82-53(28-43-30-73-34-75-43)66(100)80-50(26-41-17-19-44(91)20-18-41)64(98)81-52(27-42-29-74-46-16-12-11-15-45(42)46)62(96)76-37(5)60(94)78-47(21-22-57(71)92)61(95)79-49(24-36(3)4)63(97)85-56(33-106)69(103)84-54(31-88)59(72)93/h8-20,29-30,34-38,47-56,58,74,88-89,91,105-106H,21-28,31-33H2,1-7H3,(H2,71,92)(H2,72,93)(H,73,75)(H,76,96)(H,77,90)(H,78,94)(H,79,95)(H,80,100)(H,81,98)(H,82,102)(H,83,104)(H,84,103)(H,85,97)(H,86,99)(H,87,101)/t37-,38+,47-,48-,49-,50-,51-,52-,53-,54-,55-,56-,58-/m0/s1. The lowest BCUT2D eigenvalue weighted by atomic mass is 10.0. The number of H-pyrrole nitrogens is 2. The van der Waals surface area contributed by atoms with Gasteiger partial charge in [-0.05, 0) is 79.8 Å². The van der Waals surface area contributed by atoms with Crippen molar-refractivity contribution in [2.24, 2.45) is 23.3 Å². The molecule has 0 aliphatic carbocycles. The number of aromatic nitrogens is 3. The Labute approximate surface area is 622 Å². The van der Waals surface area contributed by atoms with E-state index >= 15 is 4.79 Å². The number of nitrogens with two attached hydrogens (primary N) is 2. The number of fused-ring (bicyclic) bond motifs is 1. The molecule has 0 radical (unpaired) electrons. The molecule has 13 atom stereocenters. The molecular weight excluding hydrogens is 1420 g/mol. The number of amides is 14. The van der Waals surface area contributed by atoms with Crippen LogP contribution in [-0.4, -0.2) is 210 Å². The van der Waals surface area contributed by atoms with Gasteiger partial charge in [-0.25, -0.2) is 4.98 Å². The van der Waals surface area contributed by atoms with Gasteiger partial charge in [-0.15, -0.1) is 0 Å². The molecule has 0 bridgehead atoms. The van der Waals surface area contributed by atoms with Crippen LogP contribution in [0.2, 0.25) is 0 Å². The van der Waals surface area contributed by atoms with Crippen LogP contribution in [0.25, 0.3) is 10.9 Å². The van der Waals surface area contributed by atoms with Crippen LogP contribution >= 0.6 is 25.3 Å². The van der Waals surface area contributed by atoms with Crippen molar-refractivity contribution in [2.45, 2.75) is 178 Å². The molecule has 5 rings (SSSR count). The van der Waals surface area contributed by atoms with Crippen LogP contribution in [0, 0.1) is 11.8 Å². The van der Waals surface area contributed by atoms with E-state index < -0.39 is 187 Å². The molecule has 0 aliphatic rings. The number of imidazole rings is 1. The number of para-hydroxylation sites is 1. The lowest BCUT2D eigenvalue weighted by molar-refractivity contribution is -0.136. The van der Waals surface area contributed by atoms with Crippen molar-refractivity contribution in [3.05, 3.63) is 120 Å². The number of aliphatic hydroxyl groups is 2. The Kier molecular flexibility index (Phi) is 34.4. The summed E-state index contributed by atoms with van der Waals surface area (Å²) in [6.45, 7) is 9.95. The highest BCUT2D eigenvalue weighted by molar-refractivity contribution is 7.80. The molecule has 576 valence electrons. The molecule has 2 aromatic heterocycles. The Morgan fingerprint density at radius 3 is 1.41 bits per heavy atom. The molecule has 3 aromatic carbocycles. The highest BCUT2D eigenvalue weighted by atomic mass is 32.1. The molecule has 0 fully saturated rings. The number of aliphatic hydroxyl groups excluding tert-OH is 2. The third-order valence-corrected chi connectivity index (χ3v) is 17.3. The molecule has 0 aliphatic heterocycles. The van der Waals surface area contributed by atoms with Crippen LogP contribution in [0.5, 0.6) is 5.75 Å². The predicted molar refractivity (Wildman–Crippen MR) is 394 cm³/mol. The fourth-order valence-electron chi connectivity index (χ4n) is 11.0. The zero-order chi connectivity index (χ0) is 78.5. The van der Waals surface area contributed by atoms with Gasteiger partial charge in [-0.2, -0.15) is 25.3 Å². The van der Waals surface area contributed by atoms with Crippen molar-refractivity contribution in [2.75, 3.05) is 18.1 Å². The number of carbonyl (C=O) groups is 14. The van der Waals surface area contributed by atoms with Crippen LogP contribution < -0.4 is 75.3 Å². The topological polar surface area (TPSA) is 541 Å². The van der Waals surface area contributed by atoms with Crippen molar-refractivity contribution in [3.8, 4) is 5.75 Å². The maximum absolute atomic E-state index is 15.1. The van der Waals surface area contributed by atoms with E-state index in [-0.39, 0.29) is 61.9 Å². The van der Waals surface area contributed by atoms with E-state index in [1.807, 2.05) is 13.8 Å². The Balaban J connectivity index is 1.43. The number of primary amides is 2. The smallest absolute Gasteiger partial charge is 0.245 e. The molecule has 34 nitrogen and oxygen atoms in total. The summed E-state index contributed by atoms with van der Waals surface area (Å²) in [6, 6.07) is 3.07. The number of thiol groups is 2. The number of phenols is 1. The van der Waals surface area contributed by atoms with E-state index in [9.17, 15) is 77.6 Å². The third-order valence-electron chi connectivity index (χ3n) is 16.6. The van der Waals surface area contributed by atoms with E-state index in [1.54, 1.807) is 74.6 Å². The quantitative estimate of drug-likeness (QED) is 0.0171. The highest BCUT2D eigenvalue weighted by Crippen LogP contribution is 2.21. The SMILES string of the molecule is CC(=O)N[C@@H](CC(C)C)C(=O)N[C@H](C(=O)N[C@@H](Cc1ccccc1)C(=O)N[C@@H](CS)C(=O)N[C@@H](Cc1cnc[nH]1)C(=O)N[C@@H](Cc1ccc(O)cc1)C(=O)N[C@@H](Cc1c[nH]c2ccccc12)C(=O)N[C@@H](C)C(=O)N[C@@H](CCC(N)=O)C(=O)N[C@@H](CC(C)C)C(=O)N[C@@H](CS)C(=O)N[C@@H](CO)C(N)=O)[C@@H](C)O. The lowest BCUT2D eigenvalue weighted by Crippen LogP contribution is -2.62. The number of benzene rings is 3. The predicted octanol–water partition coefficient (Wildman–Crippen LogP) is -3.20. The number of carbonyl (C=O) groups excluding carboxylic acids is 14. The zero-order valence-corrected chi connectivity index (χ0v) is 61.5. The summed E-state index contributed by atoms with van der Waals surface area (Å²) in [6.07, 6.45) is 0.956. The van der Waals surface area contributed by atoms with E-state index in [2.05, 4.69) is 104 Å². The van der Waals surface area contributed by atoms with Gasteiger partial charge >= 0.3 is 0 Å². The molecular formula is C70H97N17O17S2. The molecule has 21 N–H and O–H groups in total. The van der Waals surface area contributed by atoms with Gasteiger partial charge in [-0.3, -0.25) is 67.1 Å². The van der Waals surface area contributed by atoms with Gasteiger partial charge in [0.15, 0.2) is 0 Å². The number of rotatable bonds is 43. The number of hydrogen-bond donors (Lipinski definition) is 21. The number of nitrogens with one attached hydrogen (secondary N) is 14. The first kappa shape index (κ1) is 86.1. The molecule has 5 aromatic rings. The Morgan fingerprint density at radius 2 is 0.906 bits per heavy atom. The maximum Gasteiger partial charge on any atom is 0.245 e. The monoisotopic (exact) mass is 1510 g/mol. The van der Waals surface area contributed by atoms with Crippen molar-refractivity contribution in [1.29, 1.82) is 0 Å². The normalized spacial score (nSPS) is 14.9. The van der Waals surface area contributed by atoms with Crippen molar-refractivity contribution < 1.29 is 82.4 Å². The number of phenolic OH excluding ortho intramolecular Hbond substituents is 1. The second kappa shape index (κ2) is 42.4. The minimum absolute atomic E-state index is 0.0304. The number of aromatic amines is 2. The van der Waals surface area contributed by atoms with Crippen LogP contribution in [0.15, 0.2) is 97.6 Å². The van der Waals surface area contributed by atoms with E-state index in [1.165, 1.54) is 57.6 Å². The first-order valence-electron chi connectivity index (χ1n) is 34.2. The van der Waals surface area contributed by atoms with E-state index in [0.717, 1.165) is 0 Å². The molecule has 0 saturated carbocycles. The summed E-state index contributed by atoms with van der Waals surface area (Å²) in [5.41, 5.74) is 13.1. The molecule has 0 saturated heterocycles. The maximum atomic E-state index is 15.1. The number of nitrogens with zero attached hydrogens (tertiary/aromatic N) is 1. The molecule has 36 heteroatoms.